The molecule has 0 aromatic carbocycles. The van der Waals surface area contributed by atoms with Crippen LogP contribution in [0.4, 0.5) is 5.13 Å². The standard InChI is InChI=1S/C14H20N2O2S/c1-18-9-11-12(8-17)19-13(15-11)16-7-6-14(10-16)4-2-3-5-14/h8H,2-7,9-10H2,1H3. The number of ether oxygens (including phenoxy) is 1. The van der Waals surface area contributed by atoms with E-state index in [1.54, 1.807) is 7.11 Å². The number of aldehydes is 1. The van der Waals surface area contributed by atoms with Crippen LogP contribution in [0.5, 0.6) is 0 Å². The number of aromatic nitrogens is 1. The van der Waals surface area contributed by atoms with Crippen LogP contribution in [0.1, 0.15) is 47.5 Å². The second-order valence-corrected chi connectivity index (χ2v) is 6.75. The van der Waals surface area contributed by atoms with Gasteiger partial charge in [-0.15, -0.1) is 0 Å². The molecule has 1 aliphatic carbocycles. The van der Waals surface area contributed by atoms with E-state index in [1.807, 2.05) is 0 Å². The monoisotopic (exact) mass is 280 g/mol. The number of anilines is 1. The van der Waals surface area contributed by atoms with Gasteiger partial charge in [0.05, 0.1) is 17.2 Å². The Morgan fingerprint density at radius 3 is 2.89 bits per heavy atom. The van der Waals surface area contributed by atoms with Crippen molar-refractivity contribution in [3.05, 3.63) is 10.6 Å². The highest BCUT2D eigenvalue weighted by Crippen LogP contribution is 2.46. The van der Waals surface area contributed by atoms with Gasteiger partial charge in [0.15, 0.2) is 11.4 Å². The fraction of sp³-hybridized carbons (Fsp3) is 0.714. The second kappa shape index (κ2) is 5.21. The number of hydrogen-bond donors (Lipinski definition) is 0. The first kappa shape index (κ1) is 13.1. The third-order valence-corrected chi connectivity index (χ3v) is 5.56. The fourth-order valence-corrected chi connectivity index (χ4v) is 4.36. The van der Waals surface area contributed by atoms with Gasteiger partial charge < -0.3 is 9.64 Å². The molecule has 4 nitrogen and oxygen atoms in total. The van der Waals surface area contributed by atoms with Gasteiger partial charge in [-0.05, 0) is 24.7 Å². The Morgan fingerprint density at radius 1 is 1.42 bits per heavy atom. The average molecular weight is 280 g/mol. The van der Waals surface area contributed by atoms with Crippen LogP contribution in [0.15, 0.2) is 0 Å². The van der Waals surface area contributed by atoms with E-state index >= 15 is 0 Å². The molecule has 1 aliphatic heterocycles. The SMILES string of the molecule is COCc1nc(N2CCC3(CCCC3)C2)sc1C=O. The van der Waals surface area contributed by atoms with Crippen LogP contribution < -0.4 is 4.90 Å². The number of hydrogen-bond acceptors (Lipinski definition) is 5. The summed E-state index contributed by atoms with van der Waals surface area (Å²) in [5.74, 6) is 0. The van der Waals surface area contributed by atoms with Crippen molar-refractivity contribution < 1.29 is 9.53 Å². The van der Waals surface area contributed by atoms with Gasteiger partial charge in [0, 0.05) is 20.2 Å². The summed E-state index contributed by atoms with van der Waals surface area (Å²) in [5.41, 5.74) is 1.32. The van der Waals surface area contributed by atoms with Crippen LogP contribution >= 0.6 is 11.3 Å². The van der Waals surface area contributed by atoms with E-state index in [4.69, 9.17) is 4.74 Å². The molecule has 2 heterocycles. The zero-order chi connectivity index (χ0) is 13.3. The van der Waals surface area contributed by atoms with Crippen molar-refractivity contribution in [2.75, 3.05) is 25.1 Å². The highest BCUT2D eigenvalue weighted by Gasteiger charge is 2.41. The first-order chi connectivity index (χ1) is 9.26. The highest BCUT2D eigenvalue weighted by molar-refractivity contribution is 7.17. The van der Waals surface area contributed by atoms with E-state index in [0.29, 0.717) is 16.9 Å². The molecule has 2 aliphatic rings. The number of rotatable bonds is 4. The van der Waals surface area contributed by atoms with E-state index in [9.17, 15) is 4.79 Å². The molecule has 2 fully saturated rings. The van der Waals surface area contributed by atoms with E-state index < -0.39 is 0 Å². The number of carbonyl (C=O) groups excluding carboxylic acids is 1. The minimum atomic E-state index is 0.420. The summed E-state index contributed by atoms with van der Waals surface area (Å²) >= 11 is 1.51. The number of methoxy groups -OCH3 is 1. The van der Waals surface area contributed by atoms with Gasteiger partial charge in [0.25, 0.3) is 0 Å². The van der Waals surface area contributed by atoms with Crippen molar-refractivity contribution in [2.24, 2.45) is 5.41 Å². The summed E-state index contributed by atoms with van der Waals surface area (Å²) in [6, 6.07) is 0. The predicted molar refractivity (Wildman–Crippen MR) is 75.9 cm³/mol. The van der Waals surface area contributed by atoms with Crippen LogP contribution in [0, 0.1) is 5.41 Å². The molecule has 104 valence electrons. The van der Waals surface area contributed by atoms with E-state index in [2.05, 4.69) is 9.88 Å². The summed E-state index contributed by atoms with van der Waals surface area (Å²) in [7, 11) is 1.64. The van der Waals surface area contributed by atoms with Crippen LogP contribution in [-0.4, -0.2) is 31.5 Å². The minimum absolute atomic E-state index is 0.420. The second-order valence-electron chi connectivity index (χ2n) is 5.74. The van der Waals surface area contributed by atoms with E-state index in [-0.39, 0.29) is 0 Å². The minimum Gasteiger partial charge on any atom is -0.378 e. The molecule has 0 unspecified atom stereocenters. The molecule has 1 aromatic heterocycles. The van der Waals surface area contributed by atoms with Gasteiger partial charge in [-0.2, -0.15) is 0 Å². The summed E-state index contributed by atoms with van der Waals surface area (Å²) < 4.78 is 5.11. The Hall–Kier alpha value is -0.940. The van der Waals surface area contributed by atoms with Gasteiger partial charge in [0.1, 0.15) is 0 Å². The third kappa shape index (κ3) is 2.41. The topological polar surface area (TPSA) is 42.4 Å². The lowest BCUT2D eigenvalue weighted by atomic mass is 9.86. The third-order valence-electron chi connectivity index (χ3n) is 4.48. The first-order valence-electron chi connectivity index (χ1n) is 6.95. The summed E-state index contributed by atoms with van der Waals surface area (Å²) in [6.07, 6.45) is 7.65. The van der Waals surface area contributed by atoms with Crippen LogP contribution in [0.25, 0.3) is 0 Å². The van der Waals surface area contributed by atoms with Gasteiger partial charge in [0.2, 0.25) is 0 Å². The largest absolute Gasteiger partial charge is 0.378 e. The predicted octanol–water partition coefficient (Wildman–Crippen LogP) is 2.87. The van der Waals surface area contributed by atoms with E-state index in [0.717, 1.165) is 30.2 Å². The van der Waals surface area contributed by atoms with Crippen LogP contribution in [-0.2, 0) is 11.3 Å². The van der Waals surface area contributed by atoms with E-state index in [1.165, 1.54) is 43.4 Å². The Balaban J connectivity index is 1.77. The van der Waals surface area contributed by atoms with Crippen molar-refractivity contribution in [2.45, 2.75) is 38.7 Å². The first-order valence-corrected chi connectivity index (χ1v) is 7.77. The maximum absolute atomic E-state index is 11.1. The van der Waals surface area contributed by atoms with Crippen molar-refractivity contribution in [1.82, 2.24) is 4.98 Å². The Kier molecular flexibility index (Phi) is 3.58. The molecule has 1 aromatic rings. The number of nitrogens with zero attached hydrogens (tertiary/aromatic N) is 2. The molecule has 0 N–H and O–H groups in total. The maximum atomic E-state index is 11.1. The Labute approximate surface area is 117 Å². The quantitative estimate of drug-likeness (QED) is 0.795. The van der Waals surface area contributed by atoms with Gasteiger partial charge in [-0.1, -0.05) is 24.2 Å². The zero-order valence-electron chi connectivity index (χ0n) is 11.4. The lowest BCUT2D eigenvalue weighted by Gasteiger charge is -2.23. The van der Waals surface area contributed by atoms with Gasteiger partial charge in [-0.3, -0.25) is 4.79 Å². The Morgan fingerprint density at radius 2 is 2.21 bits per heavy atom. The number of thiazole rings is 1. The summed E-state index contributed by atoms with van der Waals surface area (Å²) in [5, 5.41) is 0.998. The summed E-state index contributed by atoms with van der Waals surface area (Å²) in [4.78, 5) is 18.7. The molecule has 19 heavy (non-hydrogen) atoms. The lowest BCUT2D eigenvalue weighted by Crippen LogP contribution is -2.24. The van der Waals surface area contributed by atoms with Crippen molar-refractivity contribution in [3.8, 4) is 0 Å². The molecule has 0 bridgehead atoms. The maximum Gasteiger partial charge on any atom is 0.186 e. The summed E-state index contributed by atoms with van der Waals surface area (Å²) in [6.45, 7) is 2.62. The molecular formula is C14H20N2O2S. The highest BCUT2D eigenvalue weighted by atomic mass is 32.1. The van der Waals surface area contributed by atoms with Gasteiger partial charge >= 0.3 is 0 Å². The fourth-order valence-electron chi connectivity index (χ4n) is 3.45. The van der Waals surface area contributed by atoms with Crippen molar-refractivity contribution in [3.63, 3.8) is 0 Å². The molecule has 5 heteroatoms. The number of carbonyl (C=O) groups is 1. The molecular weight excluding hydrogens is 260 g/mol. The van der Waals surface area contributed by atoms with Crippen molar-refractivity contribution in [1.29, 1.82) is 0 Å². The lowest BCUT2D eigenvalue weighted by molar-refractivity contribution is 0.112. The van der Waals surface area contributed by atoms with Crippen molar-refractivity contribution >= 4 is 22.8 Å². The normalized spacial score (nSPS) is 21.4. The molecule has 1 saturated heterocycles. The zero-order valence-corrected chi connectivity index (χ0v) is 12.2. The molecule has 0 atom stereocenters. The molecule has 1 spiro atoms. The molecule has 3 rings (SSSR count). The Bertz CT molecular complexity index is 466. The van der Waals surface area contributed by atoms with Crippen LogP contribution in [0.2, 0.25) is 0 Å². The van der Waals surface area contributed by atoms with Gasteiger partial charge in [-0.25, -0.2) is 4.98 Å². The molecule has 1 saturated carbocycles. The van der Waals surface area contributed by atoms with Crippen LogP contribution in [0.3, 0.4) is 0 Å². The average Bonchev–Trinajstić information content (AvgIpc) is 3.12. The molecule has 0 radical (unpaired) electrons. The molecule has 0 amide bonds. The smallest absolute Gasteiger partial charge is 0.186 e.